The van der Waals surface area contributed by atoms with Crippen LogP contribution < -0.4 is 0 Å². The highest BCUT2D eigenvalue weighted by Crippen LogP contribution is 2.40. The van der Waals surface area contributed by atoms with Gasteiger partial charge in [-0.3, -0.25) is 4.90 Å². The summed E-state index contributed by atoms with van der Waals surface area (Å²) in [6, 6.07) is 5.39. The molecule has 3 aliphatic rings. The van der Waals surface area contributed by atoms with Crippen LogP contribution in [0.3, 0.4) is 0 Å². The van der Waals surface area contributed by atoms with E-state index in [0.717, 1.165) is 50.9 Å². The lowest BCUT2D eigenvalue weighted by Gasteiger charge is -2.51. The highest BCUT2D eigenvalue weighted by Gasteiger charge is 2.50. The predicted molar refractivity (Wildman–Crippen MR) is 102 cm³/mol. The molecule has 3 fully saturated rings. The Labute approximate surface area is 165 Å². The maximum Gasteiger partial charge on any atom is 0.243 e. The van der Waals surface area contributed by atoms with Gasteiger partial charge in [-0.05, 0) is 57.0 Å². The Morgan fingerprint density at radius 1 is 1.18 bits per heavy atom. The van der Waals surface area contributed by atoms with Crippen LogP contribution in [0, 0.1) is 17.1 Å². The summed E-state index contributed by atoms with van der Waals surface area (Å²) in [5.41, 5.74) is -0.733. The Kier molecular flexibility index (Phi) is 5.45. The van der Waals surface area contributed by atoms with Crippen LogP contribution in [0.2, 0.25) is 0 Å². The molecule has 1 aromatic carbocycles. The van der Waals surface area contributed by atoms with Crippen molar-refractivity contribution in [1.29, 1.82) is 5.26 Å². The first kappa shape index (κ1) is 19.8. The van der Waals surface area contributed by atoms with E-state index in [1.54, 1.807) is 6.07 Å². The van der Waals surface area contributed by atoms with Gasteiger partial charge in [-0.25, -0.2) is 12.8 Å². The van der Waals surface area contributed by atoms with E-state index in [0.29, 0.717) is 13.2 Å². The molecular weight excluding hydrogens is 381 g/mol. The molecule has 0 bridgehead atoms. The van der Waals surface area contributed by atoms with Crippen LogP contribution in [-0.2, 0) is 14.8 Å². The van der Waals surface area contributed by atoms with Crippen molar-refractivity contribution in [2.45, 2.75) is 55.1 Å². The standard InChI is InChI=1S/C20H26FN3O3S/c21-18-7-6-17(13-16(18)14-22)28(25,26)24-11-12-27-20(15-24)8-2-1-5-19(20)23-9-3-4-10-23/h6-7,13,19H,1-5,8-12,15H2/t19-,20-/m0/s1. The summed E-state index contributed by atoms with van der Waals surface area (Å²) in [7, 11) is -3.82. The Morgan fingerprint density at radius 3 is 2.71 bits per heavy atom. The first-order chi connectivity index (χ1) is 13.5. The van der Waals surface area contributed by atoms with Gasteiger partial charge in [-0.1, -0.05) is 12.8 Å². The Balaban J connectivity index is 1.63. The van der Waals surface area contributed by atoms with Crippen molar-refractivity contribution in [3.05, 3.63) is 29.6 Å². The Hall–Kier alpha value is -1.53. The molecule has 152 valence electrons. The zero-order valence-electron chi connectivity index (χ0n) is 15.9. The Morgan fingerprint density at radius 2 is 1.96 bits per heavy atom. The van der Waals surface area contributed by atoms with Crippen LogP contribution in [0.5, 0.6) is 0 Å². The summed E-state index contributed by atoms with van der Waals surface area (Å²) in [4.78, 5) is 2.44. The number of nitrogens with zero attached hydrogens (tertiary/aromatic N) is 3. The minimum absolute atomic E-state index is 0.0315. The second-order valence-electron chi connectivity index (χ2n) is 8.01. The van der Waals surface area contributed by atoms with E-state index in [1.165, 1.54) is 23.2 Å². The molecule has 0 amide bonds. The summed E-state index contributed by atoms with van der Waals surface area (Å²) in [6.07, 6.45) is 6.42. The van der Waals surface area contributed by atoms with Crippen LogP contribution in [-0.4, -0.2) is 62.1 Å². The summed E-state index contributed by atoms with van der Waals surface area (Å²) in [5.74, 6) is -0.707. The van der Waals surface area contributed by atoms with Gasteiger partial charge in [-0.15, -0.1) is 0 Å². The van der Waals surface area contributed by atoms with Crippen molar-refractivity contribution in [3.63, 3.8) is 0 Å². The molecule has 1 aromatic rings. The number of morpholine rings is 1. The van der Waals surface area contributed by atoms with Crippen LogP contribution in [0.1, 0.15) is 44.1 Å². The van der Waals surface area contributed by atoms with E-state index in [9.17, 15) is 12.8 Å². The molecule has 4 rings (SSSR count). The van der Waals surface area contributed by atoms with Gasteiger partial charge in [0.2, 0.25) is 10.0 Å². The fraction of sp³-hybridized carbons (Fsp3) is 0.650. The molecule has 0 aromatic heterocycles. The van der Waals surface area contributed by atoms with E-state index in [2.05, 4.69) is 4.90 Å². The molecule has 8 heteroatoms. The molecular formula is C20H26FN3O3S. The third-order valence-corrected chi connectivity index (χ3v) is 8.23. The van der Waals surface area contributed by atoms with Gasteiger partial charge in [0.15, 0.2) is 0 Å². The van der Waals surface area contributed by atoms with E-state index in [-0.39, 0.29) is 23.0 Å². The number of benzene rings is 1. The van der Waals surface area contributed by atoms with Crippen LogP contribution >= 0.6 is 0 Å². The molecule has 2 heterocycles. The second-order valence-corrected chi connectivity index (χ2v) is 9.95. The van der Waals surface area contributed by atoms with Gasteiger partial charge < -0.3 is 4.74 Å². The largest absolute Gasteiger partial charge is 0.371 e. The van der Waals surface area contributed by atoms with E-state index in [4.69, 9.17) is 10.00 Å². The highest BCUT2D eigenvalue weighted by molar-refractivity contribution is 7.89. The topological polar surface area (TPSA) is 73.6 Å². The zero-order chi connectivity index (χ0) is 19.8. The third kappa shape index (κ3) is 3.45. The fourth-order valence-corrected chi connectivity index (χ4v) is 6.50. The van der Waals surface area contributed by atoms with Gasteiger partial charge in [-0.2, -0.15) is 9.57 Å². The van der Waals surface area contributed by atoms with E-state index in [1.807, 2.05) is 0 Å². The van der Waals surface area contributed by atoms with E-state index >= 15 is 0 Å². The van der Waals surface area contributed by atoms with Crippen molar-refractivity contribution in [1.82, 2.24) is 9.21 Å². The maximum atomic E-state index is 13.7. The van der Waals surface area contributed by atoms with Gasteiger partial charge in [0, 0.05) is 19.1 Å². The minimum Gasteiger partial charge on any atom is -0.371 e. The number of halogens is 1. The van der Waals surface area contributed by atoms with Gasteiger partial charge in [0.25, 0.3) is 0 Å². The normalized spacial score (nSPS) is 29.8. The molecule has 0 unspecified atom stereocenters. The summed E-state index contributed by atoms with van der Waals surface area (Å²) in [5, 5.41) is 9.05. The summed E-state index contributed by atoms with van der Waals surface area (Å²) in [6.45, 7) is 3.04. The van der Waals surface area contributed by atoms with Crippen molar-refractivity contribution in [2.24, 2.45) is 0 Å². The van der Waals surface area contributed by atoms with Gasteiger partial charge in [0.05, 0.1) is 22.7 Å². The van der Waals surface area contributed by atoms with Crippen molar-refractivity contribution >= 4 is 10.0 Å². The number of rotatable bonds is 3. The SMILES string of the molecule is N#Cc1cc(S(=O)(=O)N2CCO[C@@]3(CCCC[C@@H]3N3CCCC3)C2)ccc1F. The number of sulfonamides is 1. The summed E-state index contributed by atoms with van der Waals surface area (Å²) < 4.78 is 47.9. The zero-order valence-corrected chi connectivity index (χ0v) is 16.8. The van der Waals surface area contributed by atoms with Crippen molar-refractivity contribution in [2.75, 3.05) is 32.8 Å². The van der Waals surface area contributed by atoms with Crippen molar-refractivity contribution < 1.29 is 17.5 Å². The number of hydrogen-bond donors (Lipinski definition) is 0. The first-order valence-corrected chi connectivity index (χ1v) is 11.5. The molecule has 1 aliphatic carbocycles. The summed E-state index contributed by atoms with van der Waals surface area (Å²) >= 11 is 0. The van der Waals surface area contributed by atoms with Crippen LogP contribution in [0.4, 0.5) is 4.39 Å². The van der Waals surface area contributed by atoms with E-state index < -0.39 is 21.4 Å². The molecule has 2 atom stereocenters. The van der Waals surface area contributed by atoms with Crippen molar-refractivity contribution in [3.8, 4) is 6.07 Å². The average Bonchev–Trinajstić information content (AvgIpc) is 3.23. The molecule has 6 nitrogen and oxygen atoms in total. The van der Waals surface area contributed by atoms with Gasteiger partial charge >= 0.3 is 0 Å². The molecule has 0 N–H and O–H groups in total. The molecule has 28 heavy (non-hydrogen) atoms. The number of ether oxygens (including phenoxy) is 1. The number of hydrogen-bond acceptors (Lipinski definition) is 5. The molecule has 1 saturated carbocycles. The monoisotopic (exact) mass is 407 g/mol. The predicted octanol–water partition coefficient (Wildman–Crippen LogP) is 2.50. The Bertz CT molecular complexity index is 875. The smallest absolute Gasteiger partial charge is 0.243 e. The quantitative estimate of drug-likeness (QED) is 0.770. The van der Waals surface area contributed by atoms with Gasteiger partial charge in [0.1, 0.15) is 11.9 Å². The first-order valence-electron chi connectivity index (χ1n) is 10.0. The fourth-order valence-electron chi connectivity index (χ4n) is 4.99. The molecule has 0 radical (unpaired) electrons. The maximum absolute atomic E-state index is 13.7. The lowest BCUT2D eigenvalue weighted by Crippen LogP contribution is -2.64. The van der Waals surface area contributed by atoms with Crippen LogP contribution in [0.25, 0.3) is 0 Å². The number of likely N-dealkylation sites (tertiary alicyclic amines) is 1. The lowest BCUT2D eigenvalue weighted by atomic mass is 9.78. The lowest BCUT2D eigenvalue weighted by molar-refractivity contribution is -0.149. The number of nitriles is 1. The third-order valence-electron chi connectivity index (χ3n) is 6.39. The molecule has 2 saturated heterocycles. The highest BCUT2D eigenvalue weighted by atomic mass is 32.2. The molecule has 1 spiro atoms. The second kappa shape index (κ2) is 7.71. The average molecular weight is 408 g/mol. The molecule has 2 aliphatic heterocycles. The minimum atomic E-state index is -3.82. The van der Waals surface area contributed by atoms with Crippen LogP contribution in [0.15, 0.2) is 23.1 Å².